The van der Waals surface area contributed by atoms with E-state index in [1.54, 1.807) is 29.3 Å². The van der Waals surface area contributed by atoms with Crippen LogP contribution in [-0.4, -0.2) is 45.2 Å². The fraction of sp³-hybridized carbons (Fsp3) is 0.222. The third-order valence-electron chi connectivity index (χ3n) is 3.58. The lowest BCUT2D eigenvalue weighted by atomic mass is 10.2. The molecule has 1 fully saturated rings. The summed E-state index contributed by atoms with van der Waals surface area (Å²) in [5, 5.41) is 11.7. The summed E-state index contributed by atoms with van der Waals surface area (Å²) in [5.74, 6) is -0.395. The number of carbonyl (C=O) groups excluding carboxylic acids is 1. The lowest BCUT2D eigenvalue weighted by Crippen LogP contribution is -2.28. The highest BCUT2D eigenvalue weighted by Crippen LogP contribution is 2.34. The summed E-state index contributed by atoms with van der Waals surface area (Å²) in [7, 11) is 0. The van der Waals surface area contributed by atoms with E-state index in [1.165, 1.54) is 23.1 Å². The van der Waals surface area contributed by atoms with Crippen LogP contribution in [-0.2, 0) is 9.59 Å². The summed E-state index contributed by atoms with van der Waals surface area (Å²) >= 11 is 2.74. The van der Waals surface area contributed by atoms with Gasteiger partial charge >= 0.3 is 5.97 Å². The van der Waals surface area contributed by atoms with Crippen molar-refractivity contribution in [2.75, 3.05) is 13.2 Å². The number of carboxylic acids is 1. The van der Waals surface area contributed by atoms with E-state index in [0.29, 0.717) is 27.5 Å². The van der Waals surface area contributed by atoms with E-state index < -0.39 is 5.97 Å². The van der Waals surface area contributed by atoms with Gasteiger partial charge < -0.3 is 9.84 Å². The molecule has 0 unspecified atom stereocenters. The second-order valence-corrected chi connectivity index (χ2v) is 7.31. The quantitative estimate of drug-likeness (QED) is 0.710. The lowest BCUT2D eigenvalue weighted by molar-refractivity contribution is -0.137. The van der Waals surface area contributed by atoms with Crippen molar-refractivity contribution in [1.29, 1.82) is 0 Å². The number of aliphatic carboxylic acids is 1. The molecule has 1 saturated heterocycles. The van der Waals surface area contributed by atoms with Crippen molar-refractivity contribution < 1.29 is 19.4 Å². The van der Waals surface area contributed by atoms with E-state index in [-0.39, 0.29) is 18.9 Å². The average Bonchev–Trinajstić information content (AvgIpc) is 3.25. The van der Waals surface area contributed by atoms with Crippen molar-refractivity contribution in [3.05, 3.63) is 46.3 Å². The summed E-state index contributed by atoms with van der Waals surface area (Å²) < 4.78 is 5.37. The SMILES string of the molecule is CCN1C(=O)/C(=C\c2ccc(OCCC(=O)O)cc2)S/C1=N/c1nccs1. The largest absolute Gasteiger partial charge is 0.493 e. The number of benzene rings is 1. The number of carbonyl (C=O) groups is 2. The maximum Gasteiger partial charge on any atom is 0.306 e. The highest BCUT2D eigenvalue weighted by molar-refractivity contribution is 8.18. The van der Waals surface area contributed by atoms with Gasteiger partial charge in [-0.05, 0) is 42.5 Å². The molecule has 27 heavy (non-hydrogen) atoms. The van der Waals surface area contributed by atoms with Crippen molar-refractivity contribution in [2.24, 2.45) is 4.99 Å². The number of likely N-dealkylation sites (N-methyl/N-ethyl adjacent to an activating group) is 1. The van der Waals surface area contributed by atoms with Crippen LogP contribution >= 0.6 is 23.1 Å². The fourth-order valence-electron chi connectivity index (χ4n) is 2.29. The van der Waals surface area contributed by atoms with Gasteiger partial charge in [0.25, 0.3) is 5.91 Å². The van der Waals surface area contributed by atoms with Gasteiger partial charge in [0.15, 0.2) is 5.17 Å². The summed E-state index contributed by atoms with van der Waals surface area (Å²) in [5.41, 5.74) is 0.850. The number of nitrogens with zero attached hydrogens (tertiary/aromatic N) is 3. The smallest absolute Gasteiger partial charge is 0.306 e. The molecule has 2 aromatic rings. The van der Waals surface area contributed by atoms with Gasteiger partial charge in [0, 0.05) is 18.1 Å². The van der Waals surface area contributed by atoms with Gasteiger partial charge in [-0.25, -0.2) is 4.98 Å². The van der Waals surface area contributed by atoms with Crippen molar-refractivity contribution in [3.8, 4) is 5.75 Å². The number of thiazole rings is 1. The van der Waals surface area contributed by atoms with E-state index in [9.17, 15) is 9.59 Å². The molecule has 0 aliphatic carbocycles. The van der Waals surface area contributed by atoms with E-state index in [0.717, 1.165) is 5.56 Å². The molecule has 0 atom stereocenters. The minimum absolute atomic E-state index is 0.0506. The van der Waals surface area contributed by atoms with Gasteiger partial charge in [0.2, 0.25) is 5.13 Å². The predicted molar refractivity (Wildman–Crippen MR) is 106 cm³/mol. The Labute approximate surface area is 164 Å². The van der Waals surface area contributed by atoms with Crippen molar-refractivity contribution >= 4 is 51.4 Å². The number of aliphatic imine (C=N–C) groups is 1. The Morgan fingerprint density at radius 3 is 2.78 bits per heavy atom. The molecule has 1 aromatic heterocycles. The van der Waals surface area contributed by atoms with E-state index >= 15 is 0 Å². The molecule has 3 rings (SSSR count). The molecule has 1 amide bonds. The summed E-state index contributed by atoms with van der Waals surface area (Å²) in [6, 6.07) is 7.15. The number of hydrogen-bond donors (Lipinski definition) is 1. The van der Waals surface area contributed by atoms with Crippen LogP contribution in [0.1, 0.15) is 18.9 Å². The molecule has 0 bridgehead atoms. The number of amides is 1. The first-order chi connectivity index (χ1) is 13.1. The molecule has 0 spiro atoms. The third kappa shape index (κ3) is 4.95. The third-order valence-corrected chi connectivity index (χ3v) is 5.25. The van der Waals surface area contributed by atoms with E-state index in [4.69, 9.17) is 9.84 Å². The van der Waals surface area contributed by atoms with Crippen LogP contribution in [0.3, 0.4) is 0 Å². The van der Waals surface area contributed by atoms with E-state index in [1.807, 2.05) is 24.4 Å². The highest BCUT2D eigenvalue weighted by atomic mass is 32.2. The molecule has 140 valence electrons. The minimum Gasteiger partial charge on any atom is -0.493 e. The van der Waals surface area contributed by atoms with Crippen LogP contribution in [0.15, 0.2) is 45.7 Å². The number of rotatable bonds is 7. The number of aromatic nitrogens is 1. The molecule has 2 heterocycles. The number of amidine groups is 1. The first-order valence-corrected chi connectivity index (χ1v) is 9.90. The Morgan fingerprint density at radius 2 is 2.15 bits per heavy atom. The van der Waals surface area contributed by atoms with Crippen molar-refractivity contribution in [1.82, 2.24) is 9.88 Å². The highest BCUT2D eigenvalue weighted by Gasteiger charge is 2.32. The van der Waals surface area contributed by atoms with Crippen molar-refractivity contribution in [3.63, 3.8) is 0 Å². The van der Waals surface area contributed by atoms with Gasteiger partial charge in [-0.3, -0.25) is 14.5 Å². The Kier molecular flexibility index (Phi) is 6.25. The zero-order chi connectivity index (χ0) is 19.2. The molecular weight excluding hydrogens is 386 g/mol. The Balaban J connectivity index is 1.72. The standard InChI is InChI=1S/C18H17N3O4S2/c1-2-21-16(24)14(27-18(21)20-17-19-8-10-26-17)11-12-3-5-13(6-4-12)25-9-7-15(22)23/h3-6,8,10-11H,2,7,9H2,1H3,(H,22,23)/b14-11+,20-18+. The number of hydrogen-bond acceptors (Lipinski definition) is 7. The molecule has 1 aromatic carbocycles. The number of carboxylic acid groups (broad SMARTS) is 1. The molecule has 1 aliphatic rings. The van der Waals surface area contributed by atoms with Crippen LogP contribution in [0.2, 0.25) is 0 Å². The molecule has 0 radical (unpaired) electrons. The Hall–Kier alpha value is -2.65. The molecule has 7 nitrogen and oxygen atoms in total. The zero-order valence-corrected chi connectivity index (χ0v) is 16.1. The maximum atomic E-state index is 12.6. The molecular formula is C18H17N3O4S2. The van der Waals surface area contributed by atoms with Gasteiger partial charge in [0.05, 0.1) is 17.9 Å². The topological polar surface area (TPSA) is 92.1 Å². The normalized spacial score (nSPS) is 17.1. The van der Waals surface area contributed by atoms with Gasteiger partial charge in [-0.1, -0.05) is 12.1 Å². The van der Waals surface area contributed by atoms with Crippen LogP contribution in [0.5, 0.6) is 5.75 Å². The average molecular weight is 403 g/mol. The molecule has 1 N–H and O–H groups in total. The Morgan fingerprint density at radius 1 is 1.37 bits per heavy atom. The van der Waals surface area contributed by atoms with Crippen LogP contribution in [0.4, 0.5) is 5.13 Å². The van der Waals surface area contributed by atoms with Crippen LogP contribution < -0.4 is 4.74 Å². The lowest BCUT2D eigenvalue weighted by Gasteiger charge is -2.11. The number of thioether (sulfide) groups is 1. The zero-order valence-electron chi connectivity index (χ0n) is 14.5. The first kappa shape index (κ1) is 19.1. The summed E-state index contributed by atoms with van der Waals surface area (Å²) in [4.78, 5) is 33.9. The maximum absolute atomic E-state index is 12.6. The van der Waals surface area contributed by atoms with Crippen molar-refractivity contribution in [2.45, 2.75) is 13.3 Å². The second-order valence-electron chi connectivity index (χ2n) is 5.43. The fourth-order valence-corrected chi connectivity index (χ4v) is 3.90. The van der Waals surface area contributed by atoms with Crippen LogP contribution in [0, 0.1) is 0 Å². The second kappa shape index (κ2) is 8.83. The minimum atomic E-state index is -0.899. The van der Waals surface area contributed by atoms with Gasteiger partial charge in [-0.15, -0.1) is 11.3 Å². The summed E-state index contributed by atoms with van der Waals surface area (Å²) in [6.07, 6.45) is 3.44. The molecule has 1 aliphatic heterocycles. The predicted octanol–water partition coefficient (Wildman–Crippen LogP) is 3.62. The van der Waals surface area contributed by atoms with Gasteiger partial charge in [0.1, 0.15) is 5.75 Å². The molecule has 0 saturated carbocycles. The van der Waals surface area contributed by atoms with E-state index in [2.05, 4.69) is 9.98 Å². The monoisotopic (exact) mass is 403 g/mol. The summed E-state index contributed by atoms with van der Waals surface area (Å²) in [6.45, 7) is 2.55. The van der Waals surface area contributed by atoms with Gasteiger partial charge in [-0.2, -0.15) is 4.99 Å². The first-order valence-electron chi connectivity index (χ1n) is 8.21. The van der Waals surface area contributed by atoms with Crippen LogP contribution in [0.25, 0.3) is 6.08 Å². The Bertz CT molecular complexity index is 877. The molecule has 9 heteroatoms. The number of ether oxygens (including phenoxy) is 1.